The van der Waals surface area contributed by atoms with Gasteiger partial charge in [0.05, 0.1) is 29.5 Å². The van der Waals surface area contributed by atoms with E-state index in [1.54, 1.807) is 18.3 Å². The lowest BCUT2D eigenvalue weighted by atomic mass is 9.82. The van der Waals surface area contributed by atoms with Gasteiger partial charge in [-0.05, 0) is 74.4 Å². The van der Waals surface area contributed by atoms with Crippen molar-refractivity contribution >= 4 is 23.3 Å². The zero-order chi connectivity index (χ0) is 29.8. The Hall–Kier alpha value is -3.16. The fourth-order valence-electron chi connectivity index (χ4n) is 5.08. The van der Waals surface area contributed by atoms with Gasteiger partial charge in [-0.25, -0.2) is 9.18 Å². The SMILES string of the molecule is CC1(C)CCN(c2c([C@H](OC(C)(C)C)C(=O)O)cnc(CCl)c2-c2ccc(OCCc3ccc(F)cc3)cc2)CC1. The number of carboxylic acid groups (broad SMARTS) is 1. The summed E-state index contributed by atoms with van der Waals surface area (Å²) >= 11 is 6.43. The maximum atomic E-state index is 13.2. The number of hydrogen-bond acceptors (Lipinski definition) is 5. The topological polar surface area (TPSA) is 71.9 Å². The fraction of sp³-hybridized carbons (Fsp3) is 0.455. The fourth-order valence-corrected chi connectivity index (χ4v) is 5.29. The Morgan fingerprint density at radius 3 is 2.29 bits per heavy atom. The number of halogens is 2. The molecular formula is C33H40ClFN2O4. The standard InChI is InChI=1S/C33H40ClFN2O4/c1-32(2,3)41-30(31(38)39)26-21-36-27(20-34)28(29(26)37-17-15-33(4,5)16-18-37)23-8-12-25(13-9-23)40-19-14-22-6-10-24(35)11-7-22/h6-13,21,30H,14-20H2,1-5H3,(H,38,39)/t30-/m0/s1. The van der Waals surface area contributed by atoms with Crippen LogP contribution in [0.25, 0.3) is 11.1 Å². The number of piperidine rings is 1. The minimum atomic E-state index is -1.19. The van der Waals surface area contributed by atoms with Crippen LogP contribution in [-0.4, -0.2) is 41.4 Å². The van der Waals surface area contributed by atoms with Gasteiger partial charge in [-0.3, -0.25) is 4.98 Å². The number of ether oxygens (including phenoxy) is 2. The van der Waals surface area contributed by atoms with Crippen molar-refractivity contribution < 1.29 is 23.8 Å². The molecule has 3 aromatic rings. The van der Waals surface area contributed by atoms with E-state index in [1.165, 1.54) is 12.1 Å². The second-order valence-electron chi connectivity index (χ2n) is 12.4. The molecule has 6 nitrogen and oxygen atoms in total. The first kappa shape index (κ1) is 30.8. The summed E-state index contributed by atoms with van der Waals surface area (Å²) in [6.07, 6.45) is 3.04. The van der Waals surface area contributed by atoms with E-state index >= 15 is 0 Å². The Morgan fingerprint density at radius 1 is 1.10 bits per heavy atom. The highest BCUT2D eigenvalue weighted by atomic mass is 35.5. The van der Waals surface area contributed by atoms with Gasteiger partial charge in [0, 0.05) is 36.8 Å². The maximum absolute atomic E-state index is 13.2. The Labute approximate surface area is 247 Å². The van der Waals surface area contributed by atoms with Crippen LogP contribution in [0.2, 0.25) is 0 Å². The number of nitrogens with zero attached hydrogens (tertiary/aromatic N) is 2. The summed E-state index contributed by atoms with van der Waals surface area (Å²) in [5.41, 5.74) is 4.24. The van der Waals surface area contributed by atoms with E-state index in [-0.39, 0.29) is 17.1 Å². The predicted octanol–water partition coefficient (Wildman–Crippen LogP) is 7.82. The van der Waals surface area contributed by atoms with E-state index in [0.29, 0.717) is 30.0 Å². The molecule has 1 aliphatic heterocycles. The van der Waals surface area contributed by atoms with Crippen molar-refractivity contribution in [2.24, 2.45) is 5.41 Å². The normalized spacial score (nSPS) is 15.9. The molecule has 0 bridgehead atoms. The zero-order valence-corrected chi connectivity index (χ0v) is 25.3. The molecule has 0 saturated carbocycles. The van der Waals surface area contributed by atoms with Gasteiger partial charge in [-0.15, -0.1) is 11.6 Å². The van der Waals surface area contributed by atoms with Crippen LogP contribution in [0.3, 0.4) is 0 Å². The summed E-state index contributed by atoms with van der Waals surface area (Å²) < 4.78 is 25.2. The number of benzene rings is 2. The Kier molecular flexibility index (Phi) is 9.60. The van der Waals surface area contributed by atoms with E-state index in [9.17, 15) is 14.3 Å². The van der Waals surface area contributed by atoms with Crippen molar-refractivity contribution in [2.75, 3.05) is 24.6 Å². The molecule has 2 heterocycles. The molecule has 0 spiro atoms. The van der Waals surface area contributed by atoms with Gasteiger partial charge >= 0.3 is 5.97 Å². The highest BCUT2D eigenvalue weighted by Gasteiger charge is 2.35. The third-order valence-corrected chi connectivity index (χ3v) is 7.67. The van der Waals surface area contributed by atoms with Crippen molar-refractivity contribution in [3.8, 4) is 16.9 Å². The van der Waals surface area contributed by atoms with Crippen molar-refractivity contribution in [1.29, 1.82) is 0 Å². The summed E-state index contributed by atoms with van der Waals surface area (Å²) in [5, 5.41) is 10.3. The molecule has 2 aromatic carbocycles. The summed E-state index contributed by atoms with van der Waals surface area (Å²) in [6, 6.07) is 14.1. The molecule has 0 amide bonds. The smallest absolute Gasteiger partial charge is 0.337 e. The lowest BCUT2D eigenvalue weighted by Crippen LogP contribution is -2.39. The predicted molar refractivity (Wildman–Crippen MR) is 161 cm³/mol. The number of carboxylic acids is 1. The van der Waals surface area contributed by atoms with Gasteiger partial charge in [0.15, 0.2) is 6.10 Å². The molecule has 1 fully saturated rings. The highest BCUT2D eigenvalue weighted by Crippen LogP contribution is 2.44. The van der Waals surface area contributed by atoms with E-state index in [2.05, 4.69) is 23.7 Å². The maximum Gasteiger partial charge on any atom is 0.337 e. The first-order valence-corrected chi connectivity index (χ1v) is 14.6. The summed E-state index contributed by atoms with van der Waals surface area (Å²) in [5.74, 6) is -0.439. The van der Waals surface area contributed by atoms with Crippen LogP contribution in [0.4, 0.5) is 10.1 Å². The molecule has 4 rings (SSSR count). The first-order valence-electron chi connectivity index (χ1n) is 14.1. The number of alkyl halides is 1. The third-order valence-electron chi connectivity index (χ3n) is 7.41. The van der Waals surface area contributed by atoms with Crippen molar-refractivity contribution in [1.82, 2.24) is 4.98 Å². The lowest BCUT2D eigenvalue weighted by molar-refractivity contribution is -0.160. The molecule has 41 heavy (non-hydrogen) atoms. The molecule has 0 aliphatic carbocycles. The Balaban J connectivity index is 1.70. The molecule has 0 unspecified atom stereocenters. The Morgan fingerprint density at radius 2 is 1.73 bits per heavy atom. The number of aromatic nitrogens is 1. The molecule has 1 aromatic heterocycles. The van der Waals surface area contributed by atoms with Crippen LogP contribution in [0.5, 0.6) is 5.75 Å². The van der Waals surface area contributed by atoms with Crippen LogP contribution in [0.15, 0.2) is 54.7 Å². The molecule has 220 valence electrons. The summed E-state index contributed by atoms with van der Waals surface area (Å²) in [7, 11) is 0. The largest absolute Gasteiger partial charge is 0.493 e. The first-order chi connectivity index (χ1) is 19.4. The molecule has 0 radical (unpaired) electrons. The second kappa shape index (κ2) is 12.8. The van der Waals surface area contributed by atoms with Crippen molar-refractivity contribution in [3.05, 3.63) is 77.4 Å². The van der Waals surface area contributed by atoms with E-state index in [4.69, 9.17) is 21.1 Å². The molecular weight excluding hydrogens is 543 g/mol. The van der Waals surface area contributed by atoms with Crippen molar-refractivity contribution in [3.63, 3.8) is 0 Å². The molecule has 1 N–H and O–H groups in total. The number of pyridine rings is 1. The van der Waals surface area contributed by atoms with Gasteiger partial charge in [-0.2, -0.15) is 0 Å². The molecule has 1 atom stereocenters. The monoisotopic (exact) mass is 582 g/mol. The number of aliphatic carboxylic acids is 1. The minimum absolute atomic E-state index is 0.176. The second-order valence-corrected chi connectivity index (χ2v) is 12.6. The minimum Gasteiger partial charge on any atom is -0.493 e. The van der Waals surface area contributed by atoms with Crippen LogP contribution >= 0.6 is 11.6 Å². The molecule has 1 aliphatic rings. The van der Waals surface area contributed by atoms with Crippen molar-refractivity contribution in [2.45, 2.75) is 71.5 Å². The number of anilines is 1. The van der Waals surface area contributed by atoms with Gasteiger partial charge in [0.1, 0.15) is 11.6 Å². The number of carbonyl (C=O) groups is 1. The van der Waals surface area contributed by atoms with Crippen LogP contribution < -0.4 is 9.64 Å². The van der Waals surface area contributed by atoms with Crippen LogP contribution in [0, 0.1) is 11.2 Å². The van der Waals surface area contributed by atoms with Crippen LogP contribution in [-0.2, 0) is 21.8 Å². The van der Waals surface area contributed by atoms with E-state index in [0.717, 1.165) is 48.3 Å². The Bertz CT molecular complexity index is 1330. The number of hydrogen-bond donors (Lipinski definition) is 1. The molecule has 8 heteroatoms. The zero-order valence-electron chi connectivity index (χ0n) is 24.5. The average Bonchev–Trinajstić information content (AvgIpc) is 2.92. The molecule has 1 saturated heterocycles. The quantitative estimate of drug-likeness (QED) is 0.246. The summed E-state index contributed by atoms with van der Waals surface area (Å²) in [6.45, 7) is 12.1. The number of rotatable bonds is 10. The summed E-state index contributed by atoms with van der Waals surface area (Å²) in [4.78, 5) is 19.5. The van der Waals surface area contributed by atoms with E-state index in [1.807, 2.05) is 45.0 Å². The highest BCUT2D eigenvalue weighted by molar-refractivity contribution is 6.17. The van der Waals surface area contributed by atoms with Gasteiger partial charge in [0.25, 0.3) is 0 Å². The average molecular weight is 583 g/mol. The third kappa shape index (κ3) is 7.98. The van der Waals surface area contributed by atoms with E-state index < -0.39 is 17.7 Å². The van der Waals surface area contributed by atoms with Gasteiger partial charge in [-0.1, -0.05) is 38.1 Å². The van der Waals surface area contributed by atoms with Gasteiger partial charge < -0.3 is 19.5 Å². The van der Waals surface area contributed by atoms with Gasteiger partial charge in [0.2, 0.25) is 0 Å². The lowest BCUT2D eigenvalue weighted by Gasteiger charge is -2.41. The van der Waals surface area contributed by atoms with Crippen LogP contribution in [0.1, 0.15) is 70.4 Å².